The summed E-state index contributed by atoms with van der Waals surface area (Å²) >= 11 is 0. The van der Waals surface area contributed by atoms with Crippen LogP contribution in [0.1, 0.15) is 6.92 Å². The van der Waals surface area contributed by atoms with Crippen molar-refractivity contribution < 1.29 is 0 Å². The lowest BCUT2D eigenvalue weighted by Crippen LogP contribution is -2.03. The maximum atomic E-state index is 5.57. The van der Waals surface area contributed by atoms with Gasteiger partial charge in [0.15, 0.2) is 5.82 Å². The first kappa shape index (κ1) is 16.1. The Balaban J connectivity index is 0.000001000. The first-order valence-corrected chi connectivity index (χ1v) is 5.67. The Labute approximate surface area is 128 Å². The summed E-state index contributed by atoms with van der Waals surface area (Å²) in [5.41, 5.74) is 9.21. The molecular weight excluding hydrogens is 297 g/mol. The van der Waals surface area contributed by atoms with Crippen LogP contribution in [0.3, 0.4) is 0 Å². The zero-order chi connectivity index (χ0) is 12.5. The highest BCUT2D eigenvalue weighted by atomic mass is 35.5. The molecule has 7 heteroatoms. The number of hydrogen-bond acceptors (Lipinski definition) is 2. The quantitative estimate of drug-likeness (QED) is 0.500. The van der Waals surface area contributed by atoms with Gasteiger partial charge in [-0.25, -0.2) is 9.98 Å². The number of fused-ring (bicyclic) bond motifs is 1. The van der Waals surface area contributed by atoms with E-state index in [4.69, 9.17) is 5.73 Å². The molecule has 0 aliphatic heterocycles. The van der Waals surface area contributed by atoms with Crippen LogP contribution < -0.4 is 5.73 Å². The van der Waals surface area contributed by atoms with Crippen LogP contribution in [0, 0.1) is 0 Å². The smallest absolute Gasteiger partial charge is 0.154 e. The van der Waals surface area contributed by atoms with E-state index in [1.54, 1.807) is 6.92 Å². The lowest BCUT2D eigenvalue weighted by molar-refractivity contribution is 1.27. The van der Waals surface area contributed by atoms with Crippen molar-refractivity contribution in [2.24, 2.45) is 10.7 Å². The Morgan fingerprint density at radius 1 is 1.25 bits per heavy atom. The lowest BCUT2D eigenvalue weighted by Gasteiger charge is -1.94. The van der Waals surface area contributed by atoms with Gasteiger partial charge < -0.3 is 15.7 Å². The van der Waals surface area contributed by atoms with Crippen molar-refractivity contribution in [2.45, 2.75) is 6.92 Å². The monoisotopic (exact) mass is 311 g/mol. The van der Waals surface area contributed by atoms with Crippen LogP contribution in [0.15, 0.2) is 41.5 Å². The summed E-state index contributed by atoms with van der Waals surface area (Å²) in [4.78, 5) is 15.1. The molecule has 4 N–H and O–H groups in total. The predicted molar refractivity (Wildman–Crippen MR) is 87.3 cm³/mol. The zero-order valence-corrected chi connectivity index (χ0v) is 12.4. The van der Waals surface area contributed by atoms with Crippen molar-refractivity contribution in [1.82, 2.24) is 15.0 Å². The second kappa shape index (κ2) is 6.45. The van der Waals surface area contributed by atoms with E-state index in [1.807, 2.05) is 36.5 Å². The molecule has 0 aliphatic rings. The van der Waals surface area contributed by atoms with Crippen molar-refractivity contribution in [2.75, 3.05) is 0 Å². The van der Waals surface area contributed by atoms with Gasteiger partial charge in [0.25, 0.3) is 0 Å². The largest absolute Gasteiger partial charge is 0.387 e. The molecule has 0 saturated heterocycles. The maximum Gasteiger partial charge on any atom is 0.154 e. The summed E-state index contributed by atoms with van der Waals surface area (Å²) < 4.78 is 0. The molecule has 2 heterocycles. The van der Waals surface area contributed by atoms with Gasteiger partial charge in [-0.1, -0.05) is 0 Å². The Morgan fingerprint density at radius 2 is 2.05 bits per heavy atom. The third kappa shape index (κ3) is 3.12. The maximum absolute atomic E-state index is 5.57. The van der Waals surface area contributed by atoms with Gasteiger partial charge in [0.05, 0.1) is 28.3 Å². The number of benzene rings is 1. The van der Waals surface area contributed by atoms with Gasteiger partial charge in [-0.3, -0.25) is 0 Å². The molecular formula is C13H15Cl2N5. The van der Waals surface area contributed by atoms with E-state index in [9.17, 15) is 0 Å². The van der Waals surface area contributed by atoms with Crippen LogP contribution in [-0.2, 0) is 0 Å². The third-order valence-corrected chi connectivity index (χ3v) is 2.62. The predicted octanol–water partition coefficient (Wildman–Crippen LogP) is 3.41. The summed E-state index contributed by atoms with van der Waals surface area (Å²) in [6, 6.07) is 9.68. The number of nitrogens with two attached hydrogens (primary N) is 1. The minimum absolute atomic E-state index is 0. The van der Waals surface area contributed by atoms with Gasteiger partial charge in [0.2, 0.25) is 0 Å². The Morgan fingerprint density at radius 3 is 2.70 bits per heavy atom. The third-order valence-electron chi connectivity index (χ3n) is 2.62. The van der Waals surface area contributed by atoms with Crippen LogP contribution in [-0.4, -0.2) is 20.8 Å². The van der Waals surface area contributed by atoms with E-state index in [-0.39, 0.29) is 24.8 Å². The molecule has 1 aromatic carbocycles. The molecule has 0 bridgehead atoms. The van der Waals surface area contributed by atoms with Gasteiger partial charge in [-0.05, 0) is 37.3 Å². The van der Waals surface area contributed by atoms with Crippen LogP contribution in [0.5, 0.6) is 0 Å². The minimum Gasteiger partial charge on any atom is -0.387 e. The number of halogens is 2. The number of H-pyrrole nitrogens is 2. The summed E-state index contributed by atoms with van der Waals surface area (Å²) in [5, 5.41) is 0. The molecule has 2 aromatic heterocycles. The molecule has 0 unspecified atom stereocenters. The molecule has 0 fully saturated rings. The fourth-order valence-corrected chi connectivity index (χ4v) is 1.88. The first-order valence-electron chi connectivity index (χ1n) is 5.67. The van der Waals surface area contributed by atoms with Gasteiger partial charge >= 0.3 is 0 Å². The molecule has 0 amide bonds. The van der Waals surface area contributed by atoms with Crippen LogP contribution in [0.2, 0.25) is 0 Å². The highest BCUT2D eigenvalue weighted by molar-refractivity contribution is 5.86. The SMILES string of the molecule is CC(N)=Nc1ccc2nc(-c3ccc[nH]3)[nH]c2c1.Cl.Cl. The molecule has 0 radical (unpaired) electrons. The summed E-state index contributed by atoms with van der Waals surface area (Å²) in [6.07, 6.45) is 1.87. The van der Waals surface area contributed by atoms with Gasteiger partial charge in [0, 0.05) is 6.20 Å². The number of nitrogens with one attached hydrogen (secondary N) is 2. The Bertz CT molecular complexity index is 712. The highest BCUT2D eigenvalue weighted by Crippen LogP contribution is 2.23. The van der Waals surface area contributed by atoms with Gasteiger partial charge in [-0.15, -0.1) is 24.8 Å². The summed E-state index contributed by atoms with van der Waals surface area (Å²) in [5.74, 6) is 1.36. The first-order chi connectivity index (χ1) is 8.72. The minimum atomic E-state index is 0. The number of hydrogen-bond donors (Lipinski definition) is 3. The molecule has 20 heavy (non-hydrogen) atoms. The second-order valence-corrected chi connectivity index (χ2v) is 4.12. The number of rotatable bonds is 2. The van der Waals surface area contributed by atoms with Crippen LogP contribution in [0.25, 0.3) is 22.6 Å². The average molecular weight is 312 g/mol. The van der Waals surface area contributed by atoms with E-state index >= 15 is 0 Å². The number of aromatic nitrogens is 3. The molecule has 3 aromatic rings. The van der Waals surface area contributed by atoms with Crippen molar-refractivity contribution in [3.8, 4) is 11.5 Å². The van der Waals surface area contributed by atoms with Crippen LogP contribution >= 0.6 is 24.8 Å². The van der Waals surface area contributed by atoms with Crippen molar-refractivity contribution in [3.05, 3.63) is 36.5 Å². The zero-order valence-electron chi connectivity index (χ0n) is 10.8. The molecule has 5 nitrogen and oxygen atoms in total. The molecule has 0 atom stereocenters. The number of aliphatic imine (C=N–C) groups is 1. The molecule has 0 saturated carbocycles. The standard InChI is InChI=1S/C13H13N5.2ClH/c1-8(14)16-9-4-5-10-12(7-9)18-13(17-10)11-3-2-6-15-11;;/h2-7,15H,1H3,(H2,14,16)(H,17,18);2*1H. The van der Waals surface area contributed by atoms with Crippen LogP contribution in [0.4, 0.5) is 5.69 Å². The van der Waals surface area contributed by atoms with E-state index in [0.29, 0.717) is 5.84 Å². The van der Waals surface area contributed by atoms with Crippen molar-refractivity contribution in [3.63, 3.8) is 0 Å². The fraction of sp³-hybridized carbons (Fsp3) is 0.0769. The Hall–Kier alpha value is -1.98. The topological polar surface area (TPSA) is 82.8 Å². The summed E-state index contributed by atoms with van der Waals surface area (Å²) in [6.45, 7) is 1.77. The summed E-state index contributed by atoms with van der Waals surface area (Å²) in [7, 11) is 0. The normalized spacial score (nSPS) is 10.9. The van der Waals surface area contributed by atoms with E-state index in [1.165, 1.54) is 0 Å². The second-order valence-electron chi connectivity index (χ2n) is 4.12. The molecule has 106 valence electrons. The Kier molecular flexibility index (Phi) is 5.19. The fourth-order valence-electron chi connectivity index (χ4n) is 1.88. The molecule has 3 rings (SSSR count). The average Bonchev–Trinajstić information content (AvgIpc) is 2.95. The molecule has 0 aliphatic carbocycles. The molecule has 0 spiro atoms. The number of amidine groups is 1. The van der Waals surface area contributed by atoms with E-state index in [2.05, 4.69) is 19.9 Å². The van der Waals surface area contributed by atoms with Gasteiger partial charge in [0.1, 0.15) is 0 Å². The highest BCUT2D eigenvalue weighted by Gasteiger charge is 2.05. The number of imidazole rings is 1. The lowest BCUT2D eigenvalue weighted by atomic mass is 10.3. The van der Waals surface area contributed by atoms with E-state index in [0.717, 1.165) is 28.2 Å². The van der Waals surface area contributed by atoms with Crippen molar-refractivity contribution in [1.29, 1.82) is 0 Å². The van der Waals surface area contributed by atoms with Crippen molar-refractivity contribution >= 4 is 47.4 Å². The number of nitrogens with zero attached hydrogens (tertiary/aromatic N) is 2. The van der Waals surface area contributed by atoms with Gasteiger partial charge in [-0.2, -0.15) is 0 Å². The van der Waals surface area contributed by atoms with E-state index < -0.39 is 0 Å². The number of aromatic amines is 2.